The topological polar surface area (TPSA) is 66.9 Å². The van der Waals surface area contributed by atoms with Crippen molar-refractivity contribution in [3.05, 3.63) is 29.8 Å². The van der Waals surface area contributed by atoms with Crippen molar-refractivity contribution in [3.63, 3.8) is 0 Å². The third-order valence-corrected chi connectivity index (χ3v) is 3.91. The molecule has 6 nitrogen and oxygen atoms in total. The van der Waals surface area contributed by atoms with Crippen LogP contribution in [-0.2, 0) is 14.3 Å². The molecule has 1 heterocycles. The van der Waals surface area contributed by atoms with E-state index >= 15 is 0 Å². The maximum Gasteiger partial charge on any atom is 0.325 e. The molecule has 1 fully saturated rings. The quantitative estimate of drug-likeness (QED) is 0.777. The number of anilines is 1. The van der Waals surface area contributed by atoms with Crippen LogP contribution in [0.15, 0.2) is 24.3 Å². The smallest absolute Gasteiger partial charge is 0.325 e. The van der Waals surface area contributed by atoms with Gasteiger partial charge in [-0.05, 0) is 44.5 Å². The predicted molar refractivity (Wildman–Crippen MR) is 86.2 cm³/mol. The molecule has 2 amide bonds. The Morgan fingerprint density at radius 1 is 1.26 bits per heavy atom. The molecular weight excluding hydrogens is 296 g/mol. The second-order valence-electron chi connectivity index (χ2n) is 5.80. The normalized spacial score (nSPS) is 14.3. The lowest BCUT2D eigenvalue weighted by Gasteiger charge is -2.25. The second kappa shape index (κ2) is 7.26. The number of nitrogens with zero attached hydrogens (tertiary/aromatic N) is 2. The maximum absolute atomic E-state index is 12.6. The Morgan fingerprint density at radius 3 is 2.39 bits per heavy atom. The van der Waals surface area contributed by atoms with E-state index in [0.29, 0.717) is 18.5 Å². The van der Waals surface area contributed by atoms with Gasteiger partial charge in [-0.2, -0.15) is 0 Å². The van der Waals surface area contributed by atoms with Crippen LogP contribution in [0.5, 0.6) is 0 Å². The Kier molecular flexibility index (Phi) is 5.36. The lowest BCUT2D eigenvalue weighted by Crippen LogP contribution is -2.41. The fourth-order valence-corrected chi connectivity index (χ4v) is 2.56. The van der Waals surface area contributed by atoms with Gasteiger partial charge in [-0.3, -0.25) is 14.4 Å². The van der Waals surface area contributed by atoms with E-state index in [1.165, 1.54) is 12.0 Å². The third kappa shape index (κ3) is 3.88. The third-order valence-electron chi connectivity index (χ3n) is 3.91. The molecule has 1 saturated heterocycles. The van der Waals surface area contributed by atoms with Crippen LogP contribution >= 0.6 is 0 Å². The van der Waals surface area contributed by atoms with Gasteiger partial charge in [-0.15, -0.1) is 0 Å². The van der Waals surface area contributed by atoms with Gasteiger partial charge in [0.2, 0.25) is 5.91 Å². The molecular formula is C17H22N2O4. The van der Waals surface area contributed by atoms with Gasteiger partial charge in [-0.1, -0.05) is 0 Å². The minimum atomic E-state index is -0.452. The average Bonchev–Trinajstić information content (AvgIpc) is 2.97. The van der Waals surface area contributed by atoms with E-state index in [1.54, 1.807) is 29.2 Å². The van der Waals surface area contributed by atoms with Crippen molar-refractivity contribution in [2.24, 2.45) is 0 Å². The molecule has 1 aromatic rings. The number of rotatable bonds is 5. The standard InChI is InChI=1S/C17H22N2O4/c1-12(2)19(11-16(21)23-3)17(22)13-6-8-14(9-7-13)18-10-4-5-15(18)20/h6-9,12H,4-5,10-11H2,1-3H3. The number of benzene rings is 1. The summed E-state index contributed by atoms with van der Waals surface area (Å²) in [5.41, 5.74) is 1.28. The van der Waals surface area contributed by atoms with Crippen LogP contribution < -0.4 is 4.90 Å². The van der Waals surface area contributed by atoms with Crippen LogP contribution in [0, 0.1) is 0 Å². The first-order chi connectivity index (χ1) is 10.9. The average molecular weight is 318 g/mol. The van der Waals surface area contributed by atoms with Crippen molar-refractivity contribution >= 4 is 23.5 Å². The van der Waals surface area contributed by atoms with Crippen molar-refractivity contribution < 1.29 is 19.1 Å². The minimum absolute atomic E-state index is 0.0840. The monoisotopic (exact) mass is 318 g/mol. The highest BCUT2D eigenvalue weighted by Crippen LogP contribution is 2.22. The summed E-state index contributed by atoms with van der Waals surface area (Å²) in [7, 11) is 1.30. The molecule has 0 atom stereocenters. The molecule has 0 radical (unpaired) electrons. The lowest BCUT2D eigenvalue weighted by atomic mass is 10.1. The summed E-state index contributed by atoms with van der Waals surface area (Å²) < 4.78 is 4.64. The highest BCUT2D eigenvalue weighted by molar-refractivity contribution is 5.98. The molecule has 0 N–H and O–H groups in total. The molecule has 1 aliphatic heterocycles. The molecule has 0 aliphatic carbocycles. The molecule has 124 valence electrons. The van der Waals surface area contributed by atoms with Gasteiger partial charge in [-0.25, -0.2) is 0 Å². The van der Waals surface area contributed by atoms with Gasteiger partial charge >= 0.3 is 5.97 Å². The van der Waals surface area contributed by atoms with Gasteiger partial charge in [0.25, 0.3) is 5.91 Å². The zero-order valence-corrected chi connectivity index (χ0v) is 13.7. The molecule has 0 aromatic heterocycles. The molecule has 0 spiro atoms. The number of carbonyl (C=O) groups excluding carboxylic acids is 3. The van der Waals surface area contributed by atoms with Crippen LogP contribution in [0.4, 0.5) is 5.69 Å². The van der Waals surface area contributed by atoms with E-state index in [0.717, 1.165) is 12.1 Å². The molecule has 6 heteroatoms. The Hall–Kier alpha value is -2.37. The molecule has 2 rings (SSSR count). The summed E-state index contributed by atoms with van der Waals surface area (Å²) >= 11 is 0. The van der Waals surface area contributed by atoms with Crippen LogP contribution in [0.2, 0.25) is 0 Å². The molecule has 1 aromatic carbocycles. The minimum Gasteiger partial charge on any atom is -0.468 e. The SMILES string of the molecule is COC(=O)CN(C(=O)c1ccc(N2CCCC2=O)cc1)C(C)C. The Bertz CT molecular complexity index is 595. The Balaban J connectivity index is 2.14. The molecule has 23 heavy (non-hydrogen) atoms. The number of carbonyl (C=O) groups is 3. The van der Waals surface area contributed by atoms with Crippen LogP contribution in [0.1, 0.15) is 37.0 Å². The van der Waals surface area contributed by atoms with Crippen molar-refractivity contribution in [2.45, 2.75) is 32.7 Å². The summed E-state index contributed by atoms with van der Waals surface area (Å²) in [6, 6.07) is 6.80. The lowest BCUT2D eigenvalue weighted by molar-refractivity contribution is -0.141. The van der Waals surface area contributed by atoms with E-state index in [1.807, 2.05) is 13.8 Å². The second-order valence-corrected chi connectivity index (χ2v) is 5.80. The first-order valence-electron chi connectivity index (χ1n) is 7.72. The van der Waals surface area contributed by atoms with Gasteiger partial charge in [0.15, 0.2) is 0 Å². The van der Waals surface area contributed by atoms with E-state index in [-0.39, 0.29) is 24.4 Å². The first-order valence-corrected chi connectivity index (χ1v) is 7.72. The van der Waals surface area contributed by atoms with Crippen molar-refractivity contribution in [1.82, 2.24) is 4.90 Å². The van der Waals surface area contributed by atoms with Crippen LogP contribution in [0.25, 0.3) is 0 Å². The Labute approximate surface area is 136 Å². The number of hydrogen-bond donors (Lipinski definition) is 0. The van der Waals surface area contributed by atoms with E-state index in [2.05, 4.69) is 4.74 Å². The van der Waals surface area contributed by atoms with Crippen molar-refractivity contribution in [2.75, 3.05) is 25.1 Å². The van der Waals surface area contributed by atoms with E-state index < -0.39 is 5.97 Å². The number of esters is 1. The summed E-state index contributed by atoms with van der Waals surface area (Å²) in [6.45, 7) is 4.32. The zero-order chi connectivity index (χ0) is 17.0. The van der Waals surface area contributed by atoms with E-state index in [4.69, 9.17) is 0 Å². The van der Waals surface area contributed by atoms with Gasteiger partial charge < -0.3 is 14.5 Å². The highest BCUT2D eigenvalue weighted by atomic mass is 16.5. The fourth-order valence-electron chi connectivity index (χ4n) is 2.56. The Morgan fingerprint density at radius 2 is 1.91 bits per heavy atom. The number of hydrogen-bond acceptors (Lipinski definition) is 4. The maximum atomic E-state index is 12.6. The number of ether oxygens (including phenoxy) is 1. The summed E-state index contributed by atoms with van der Waals surface area (Å²) in [5.74, 6) is -0.574. The zero-order valence-electron chi connectivity index (χ0n) is 13.7. The van der Waals surface area contributed by atoms with Gasteiger partial charge in [0.05, 0.1) is 7.11 Å². The fraction of sp³-hybridized carbons (Fsp3) is 0.471. The van der Waals surface area contributed by atoms with Gasteiger partial charge in [0, 0.05) is 30.3 Å². The molecule has 0 bridgehead atoms. The summed E-state index contributed by atoms with van der Waals surface area (Å²) in [6.07, 6.45) is 1.43. The highest BCUT2D eigenvalue weighted by Gasteiger charge is 2.24. The summed E-state index contributed by atoms with van der Waals surface area (Å²) in [5, 5.41) is 0. The van der Waals surface area contributed by atoms with Crippen LogP contribution in [0.3, 0.4) is 0 Å². The number of amides is 2. The molecule has 0 unspecified atom stereocenters. The predicted octanol–water partition coefficient (Wildman–Crippen LogP) is 1.84. The van der Waals surface area contributed by atoms with E-state index in [9.17, 15) is 14.4 Å². The molecule has 1 aliphatic rings. The number of methoxy groups -OCH3 is 1. The van der Waals surface area contributed by atoms with Crippen LogP contribution in [-0.4, -0.2) is 48.9 Å². The van der Waals surface area contributed by atoms with Crippen molar-refractivity contribution in [3.8, 4) is 0 Å². The molecule has 0 saturated carbocycles. The van der Waals surface area contributed by atoms with Crippen molar-refractivity contribution in [1.29, 1.82) is 0 Å². The first kappa shape index (κ1) is 17.0. The van der Waals surface area contributed by atoms with Gasteiger partial charge in [0.1, 0.15) is 6.54 Å². The summed E-state index contributed by atoms with van der Waals surface area (Å²) in [4.78, 5) is 39.0. The largest absolute Gasteiger partial charge is 0.468 e.